The van der Waals surface area contributed by atoms with Crippen LogP contribution in [-0.4, -0.2) is 18.0 Å². The Labute approximate surface area is 117 Å². The van der Waals surface area contributed by atoms with Gasteiger partial charge >= 0.3 is 0 Å². The van der Waals surface area contributed by atoms with Crippen molar-refractivity contribution in [1.29, 1.82) is 0 Å². The van der Waals surface area contributed by atoms with Gasteiger partial charge < -0.3 is 11.1 Å². The highest BCUT2D eigenvalue weighted by Crippen LogP contribution is 2.26. The monoisotopic (exact) mass is 276 g/mol. The van der Waals surface area contributed by atoms with Crippen LogP contribution in [0.4, 0.5) is 0 Å². The molecule has 1 atom stereocenters. The predicted molar refractivity (Wildman–Crippen MR) is 81.6 cm³/mol. The van der Waals surface area contributed by atoms with Crippen LogP contribution in [0.2, 0.25) is 0 Å². The van der Waals surface area contributed by atoms with Crippen LogP contribution < -0.4 is 11.1 Å². The molecular formula is C15H20N2OS. The molecule has 2 rings (SSSR count). The summed E-state index contributed by atoms with van der Waals surface area (Å²) in [5.74, 6) is 0.241. The lowest BCUT2D eigenvalue weighted by molar-refractivity contribution is 0.0885. The molecule has 3 nitrogen and oxygen atoms in total. The Morgan fingerprint density at radius 1 is 1.42 bits per heavy atom. The molecule has 0 aliphatic heterocycles. The molecule has 1 heterocycles. The number of carbonyl (C=O) groups excluding carboxylic acids is 1. The van der Waals surface area contributed by atoms with Crippen LogP contribution in [0.1, 0.15) is 31.1 Å². The van der Waals surface area contributed by atoms with Gasteiger partial charge in [-0.15, -0.1) is 11.3 Å². The summed E-state index contributed by atoms with van der Waals surface area (Å²) in [6.45, 7) is 6.56. The smallest absolute Gasteiger partial charge is 0.253 e. The van der Waals surface area contributed by atoms with Gasteiger partial charge in [-0.2, -0.15) is 0 Å². The maximum Gasteiger partial charge on any atom is 0.253 e. The zero-order chi connectivity index (χ0) is 14.0. The number of hydrogen-bond donors (Lipinski definition) is 2. The summed E-state index contributed by atoms with van der Waals surface area (Å²) in [4.78, 5) is 12.4. The summed E-state index contributed by atoms with van der Waals surface area (Å²) in [7, 11) is 0. The second-order valence-corrected chi connectivity index (χ2v) is 6.29. The normalized spacial score (nSPS) is 14.6. The van der Waals surface area contributed by atoms with Gasteiger partial charge in [0.15, 0.2) is 0 Å². The molecule has 0 spiro atoms. The van der Waals surface area contributed by atoms with Crippen molar-refractivity contribution in [3.8, 4) is 0 Å². The fraction of sp³-hybridized carbons (Fsp3) is 0.400. The maximum absolute atomic E-state index is 12.4. The van der Waals surface area contributed by atoms with Crippen LogP contribution in [-0.2, 0) is 0 Å². The molecule has 0 radical (unpaired) electrons. The Kier molecular flexibility index (Phi) is 3.92. The van der Waals surface area contributed by atoms with Crippen LogP contribution >= 0.6 is 11.3 Å². The Hall–Kier alpha value is -1.39. The third-order valence-electron chi connectivity index (χ3n) is 3.82. The summed E-state index contributed by atoms with van der Waals surface area (Å²) < 4.78 is 1.13. The van der Waals surface area contributed by atoms with E-state index in [0.29, 0.717) is 6.54 Å². The Morgan fingerprint density at radius 3 is 2.74 bits per heavy atom. The fourth-order valence-corrected chi connectivity index (χ4v) is 2.85. The molecule has 3 N–H and O–H groups in total. The van der Waals surface area contributed by atoms with E-state index in [1.54, 1.807) is 11.3 Å². The second kappa shape index (κ2) is 5.31. The number of fused-ring (bicyclic) bond motifs is 1. The van der Waals surface area contributed by atoms with Gasteiger partial charge in [-0.25, -0.2) is 0 Å². The van der Waals surface area contributed by atoms with E-state index in [1.165, 1.54) is 0 Å². The average Bonchev–Trinajstić information content (AvgIpc) is 2.82. The van der Waals surface area contributed by atoms with E-state index in [1.807, 2.05) is 36.6 Å². The fourth-order valence-electron chi connectivity index (χ4n) is 1.91. The number of hydrogen-bond acceptors (Lipinski definition) is 3. The third-order valence-corrected chi connectivity index (χ3v) is 4.79. The summed E-state index contributed by atoms with van der Waals surface area (Å²) in [6.07, 6.45) is 0. The number of amides is 1. The number of nitrogens with two attached hydrogens (primary N) is 1. The molecule has 19 heavy (non-hydrogen) atoms. The van der Waals surface area contributed by atoms with Gasteiger partial charge in [-0.3, -0.25) is 4.79 Å². The van der Waals surface area contributed by atoms with Crippen LogP contribution in [0.3, 0.4) is 0 Å². The quantitative estimate of drug-likeness (QED) is 0.902. The van der Waals surface area contributed by atoms with Crippen molar-refractivity contribution in [1.82, 2.24) is 5.32 Å². The largest absolute Gasteiger partial charge is 0.345 e. The van der Waals surface area contributed by atoms with Crippen molar-refractivity contribution in [3.63, 3.8) is 0 Å². The number of nitrogens with one attached hydrogen (secondary N) is 1. The van der Waals surface area contributed by atoms with Crippen molar-refractivity contribution >= 4 is 27.3 Å². The molecule has 0 bridgehead atoms. The van der Waals surface area contributed by atoms with Crippen LogP contribution in [0.15, 0.2) is 29.6 Å². The predicted octanol–water partition coefficient (Wildman–Crippen LogP) is 3.00. The standard InChI is InChI=1S/C15H20N2OS/c1-10(2)15(3,9-16)17-14(18)12-8-19-13-7-5-4-6-11(12)13/h4-8,10H,9,16H2,1-3H3,(H,17,18). The first-order chi connectivity index (χ1) is 8.98. The maximum atomic E-state index is 12.4. The molecule has 1 aromatic heterocycles. The number of thiophene rings is 1. The third kappa shape index (κ3) is 2.65. The van der Waals surface area contributed by atoms with Crippen LogP contribution in [0.5, 0.6) is 0 Å². The molecule has 0 saturated carbocycles. The lowest BCUT2D eigenvalue weighted by Gasteiger charge is -2.33. The highest BCUT2D eigenvalue weighted by Gasteiger charge is 2.29. The minimum Gasteiger partial charge on any atom is -0.345 e. The van der Waals surface area contributed by atoms with E-state index < -0.39 is 0 Å². The first kappa shape index (κ1) is 14.0. The van der Waals surface area contributed by atoms with Crippen molar-refractivity contribution < 1.29 is 4.79 Å². The molecule has 0 fully saturated rings. The van der Waals surface area contributed by atoms with Gasteiger partial charge in [0.2, 0.25) is 0 Å². The van der Waals surface area contributed by atoms with Crippen LogP contribution in [0.25, 0.3) is 10.1 Å². The molecule has 2 aromatic rings. The molecule has 1 unspecified atom stereocenters. The van der Waals surface area contributed by atoms with Crippen molar-refractivity contribution in [2.45, 2.75) is 26.3 Å². The number of rotatable bonds is 4. The van der Waals surface area contributed by atoms with Crippen LogP contribution in [0, 0.1) is 5.92 Å². The summed E-state index contributed by atoms with van der Waals surface area (Å²) in [5, 5.41) is 6.00. The Morgan fingerprint density at radius 2 is 2.11 bits per heavy atom. The highest BCUT2D eigenvalue weighted by molar-refractivity contribution is 7.17. The Balaban J connectivity index is 2.30. The van der Waals surface area contributed by atoms with E-state index >= 15 is 0 Å². The molecule has 1 amide bonds. The SMILES string of the molecule is CC(C)C(C)(CN)NC(=O)c1csc2ccccc12. The van der Waals surface area contributed by atoms with E-state index in [2.05, 4.69) is 19.2 Å². The second-order valence-electron chi connectivity index (χ2n) is 5.38. The first-order valence-corrected chi connectivity index (χ1v) is 7.34. The van der Waals surface area contributed by atoms with Crippen molar-refractivity contribution in [2.75, 3.05) is 6.54 Å². The van der Waals surface area contributed by atoms with Crippen molar-refractivity contribution in [3.05, 3.63) is 35.2 Å². The molecule has 0 aliphatic rings. The van der Waals surface area contributed by atoms with Gasteiger partial charge in [-0.05, 0) is 18.9 Å². The summed E-state index contributed by atoms with van der Waals surface area (Å²) in [5.41, 5.74) is 6.17. The molecule has 102 valence electrons. The lowest BCUT2D eigenvalue weighted by Crippen LogP contribution is -2.54. The van der Waals surface area contributed by atoms with Gasteiger partial charge in [0.1, 0.15) is 0 Å². The molecule has 4 heteroatoms. The molecule has 0 saturated heterocycles. The first-order valence-electron chi connectivity index (χ1n) is 6.47. The van der Waals surface area contributed by atoms with Gasteiger partial charge in [0.25, 0.3) is 5.91 Å². The zero-order valence-electron chi connectivity index (χ0n) is 11.6. The summed E-state index contributed by atoms with van der Waals surface area (Å²) in [6, 6.07) is 7.95. The number of carbonyl (C=O) groups is 1. The summed E-state index contributed by atoms with van der Waals surface area (Å²) >= 11 is 1.59. The molecular weight excluding hydrogens is 256 g/mol. The van der Waals surface area contributed by atoms with E-state index in [4.69, 9.17) is 5.73 Å². The van der Waals surface area contributed by atoms with Gasteiger partial charge in [-0.1, -0.05) is 32.0 Å². The average molecular weight is 276 g/mol. The topological polar surface area (TPSA) is 55.1 Å². The molecule has 1 aromatic carbocycles. The minimum absolute atomic E-state index is 0.0425. The zero-order valence-corrected chi connectivity index (χ0v) is 12.4. The van der Waals surface area contributed by atoms with E-state index in [9.17, 15) is 4.79 Å². The van der Waals surface area contributed by atoms with E-state index in [-0.39, 0.29) is 17.4 Å². The van der Waals surface area contributed by atoms with Gasteiger partial charge in [0.05, 0.1) is 11.1 Å². The van der Waals surface area contributed by atoms with E-state index in [0.717, 1.165) is 15.6 Å². The van der Waals surface area contributed by atoms with Crippen molar-refractivity contribution in [2.24, 2.45) is 11.7 Å². The lowest BCUT2D eigenvalue weighted by atomic mass is 9.88. The Bertz CT molecular complexity index is 591. The highest BCUT2D eigenvalue weighted by atomic mass is 32.1. The minimum atomic E-state index is -0.375. The van der Waals surface area contributed by atoms with Gasteiger partial charge in [0, 0.05) is 22.0 Å². The molecule has 0 aliphatic carbocycles. The number of benzene rings is 1.